The van der Waals surface area contributed by atoms with Crippen molar-refractivity contribution in [1.29, 1.82) is 0 Å². The molecule has 0 radical (unpaired) electrons. The fourth-order valence-corrected chi connectivity index (χ4v) is 3.22. The molecule has 24 heavy (non-hydrogen) atoms. The summed E-state index contributed by atoms with van der Waals surface area (Å²) < 4.78 is 0. The number of nitrogens with zero attached hydrogens (tertiary/aromatic N) is 3. The van der Waals surface area contributed by atoms with Gasteiger partial charge >= 0.3 is 0 Å². The maximum Gasteiger partial charge on any atom is 0.114 e. The quantitative estimate of drug-likeness (QED) is 0.872. The molecule has 0 aliphatic carbocycles. The normalized spacial score (nSPS) is 22.5. The van der Waals surface area contributed by atoms with Gasteiger partial charge in [-0.1, -0.05) is 17.3 Å². The van der Waals surface area contributed by atoms with E-state index >= 15 is 0 Å². The largest absolute Gasteiger partial charge is 0.396 e. The molecule has 2 aromatic rings. The van der Waals surface area contributed by atoms with Crippen molar-refractivity contribution >= 4 is 5.71 Å². The van der Waals surface area contributed by atoms with E-state index in [1.807, 2.05) is 31.5 Å². The lowest BCUT2D eigenvalue weighted by Gasteiger charge is -2.32. The fraction of sp³-hybridized carbons (Fsp3) is 0.421. The zero-order chi connectivity index (χ0) is 16.9. The van der Waals surface area contributed by atoms with E-state index in [2.05, 4.69) is 46.4 Å². The molecule has 1 fully saturated rings. The highest BCUT2D eigenvalue weighted by atomic mass is 16.6. The first-order valence-electron chi connectivity index (χ1n) is 8.45. The molecule has 126 valence electrons. The number of aryl methyl sites for hydroxylation is 2. The lowest BCUT2D eigenvalue weighted by Crippen LogP contribution is -2.37. The van der Waals surface area contributed by atoms with Crippen LogP contribution in [0.15, 0.2) is 41.8 Å². The average molecular weight is 324 g/mol. The molecule has 5 heteroatoms. The molecule has 1 aliphatic rings. The van der Waals surface area contributed by atoms with Crippen molar-refractivity contribution in [3.63, 3.8) is 0 Å². The summed E-state index contributed by atoms with van der Waals surface area (Å²) >= 11 is 0. The maximum absolute atomic E-state index is 5.32. The minimum absolute atomic E-state index is 0.116. The molecule has 1 saturated heterocycles. The Morgan fingerprint density at radius 2 is 1.58 bits per heavy atom. The van der Waals surface area contributed by atoms with Crippen LogP contribution in [0, 0.1) is 13.8 Å². The molecule has 3 heterocycles. The summed E-state index contributed by atoms with van der Waals surface area (Å²) in [7, 11) is 0. The van der Waals surface area contributed by atoms with E-state index in [0.717, 1.165) is 29.9 Å². The number of rotatable bonds is 4. The van der Waals surface area contributed by atoms with Gasteiger partial charge in [0.05, 0.1) is 29.2 Å². The van der Waals surface area contributed by atoms with Crippen LogP contribution in [0.1, 0.15) is 54.4 Å². The molecule has 0 bridgehead atoms. The zero-order valence-corrected chi connectivity index (χ0v) is 14.5. The maximum atomic E-state index is 5.32. The molecule has 3 rings (SSSR count). The van der Waals surface area contributed by atoms with Crippen LogP contribution < -0.4 is 5.32 Å². The van der Waals surface area contributed by atoms with Crippen LogP contribution in [0.25, 0.3) is 0 Å². The minimum atomic E-state index is 0.116. The summed E-state index contributed by atoms with van der Waals surface area (Å²) in [6, 6.07) is 8.36. The molecule has 0 aromatic carbocycles. The van der Waals surface area contributed by atoms with Crippen molar-refractivity contribution in [1.82, 2.24) is 15.3 Å². The lowest BCUT2D eigenvalue weighted by atomic mass is 9.90. The van der Waals surface area contributed by atoms with Crippen LogP contribution in [0.3, 0.4) is 0 Å². The monoisotopic (exact) mass is 324 g/mol. The summed E-state index contributed by atoms with van der Waals surface area (Å²) in [5.74, 6) is 0. The van der Waals surface area contributed by atoms with Gasteiger partial charge in [-0.3, -0.25) is 15.3 Å². The van der Waals surface area contributed by atoms with Gasteiger partial charge in [0.25, 0.3) is 0 Å². The predicted octanol–water partition coefficient (Wildman–Crippen LogP) is 3.65. The fourth-order valence-electron chi connectivity index (χ4n) is 3.22. The Labute approximate surface area is 143 Å². The van der Waals surface area contributed by atoms with Gasteiger partial charge < -0.3 is 4.84 Å². The topological polar surface area (TPSA) is 59.4 Å². The zero-order valence-electron chi connectivity index (χ0n) is 14.5. The summed E-state index contributed by atoms with van der Waals surface area (Å²) in [5, 5.41) is 8.05. The Kier molecular flexibility index (Phi) is 5.20. The van der Waals surface area contributed by atoms with E-state index in [0.29, 0.717) is 6.61 Å². The second kappa shape index (κ2) is 7.53. The van der Waals surface area contributed by atoms with Gasteiger partial charge in [0.15, 0.2) is 0 Å². The van der Waals surface area contributed by atoms with Gasteiger partial charge in [0.2, 0.25) is 0 Å². The molecule has 0 amide bonds. The average Bonchev–Trinajstić information content (AvgIpc) is 2.60. The Hall–Kier alpha value is -2.27. The highest BCUT2D eigenvalue weighted by Crippen LogP contribution is 2.32. The molecular weight excluding hydrogens is 300 g/mol. The van der Waals surface area contributed by atoms with Gasteiger partial charge in [-0.2, -0.15) is 0 Å². The Balaban J connectivity index is 1.93. The molecule has 1 N–H and O–H groups in total. The second-order valence-electron chi connectivity index (χ2n) is 6.17. The van der Waals surface area contributed by atoms with Gasteiger partial charge in [-0.05, 0) is 44.0 Å². The number of hydrogen-bond acceptors (Lipinski definition) is 5. The standard InChI is InChI=1S/C19H24N4O/c1-4-24-23-15-11-16(18-13(2)7-5-9-20-18)22-17(12-15)19-14(3)8-6-10-21-19/h5-10,16-17,22H,4,11-12H2,1-3H3/t16-,17+. The smallest absolute Gasteiger partial charge is 0.114 e. The third-order valence-corrected chi connectivity index (χ3v) is 4.36. The Morgan fingerprint density at radius 3 is 2.04 bits per heavy atom. The molecule has 2 atom stereocenters. The van der Waals surface area contributed by atoms with E-state index in [1.54, 1.807) is 0 Å². The molecular formula is C19H24N4O. The second-order valence-corrected chi connectivity index (χ2v) is 6.17. The molecule has 0 spiro atoms. The van der Waals surface area contributed by atoms with Gasteiger partial charge in [0, 0.05) is 25.2 Å². The van der Waals surface area contributed by atoms with Gasteiger partial charge in [-0.25, -0.2) is 0 Å². The summed E-state index contributed by atoms with van der Waals surface area (Å²) in [4.78, 5) is 14.5. The number of piperidine rings is 1. The van der Waals surface area contributed by atoms with Crippen LogP contribution in [0.5, 0.6) is 0 Å². The van der Waals surface area contributed by atoms with Crippen molar-refractivity contribution in [3.8, 4) is 0 Å². The van der Waals surface area contributed by atoms with E-state index in [1.165, 1.54) is 11.1 Å². The first kappa shape index (κ1) is 16.6. The van der Waals surface area contributed by atoms with E-state index in [4.69, 9.17) is 4.84 Å². The summed E-state index contributed by atoms with van der Waals surface area (Å²) in [6.07, 6.45) is 5.30. The SMILES string of the molecule is CCON=C1C[C@@H](c2ncccc2C)N[C@@H](c2ncccc2C)C1. The van der Waals surface area contributed by atoms with Crippen LogP contribution in [-0.2, 0) is 4.84 Å². The first-order valence-corrected chi connectivity index (χ1v) is 8.45. The predicted molar refractivity (Wildman–Crippen MR) is 94.9 cm³/mol. The van der Waals surface area contributed by atoms with E-state index < -0.39 is 0 Å². The number of hydrogen-bond donors (Lipinski definition) is 1. The van der Waals surface area contributed by atoms with Gasteiger partial charge in [0.1, 0.15) is 6.61 Å². The molecule has 2 aromatic heterocycles. The van der Waals surface area contributed by atoms with Crippen LogP contribution in [0.4, 0.5) is 0 Å². The van der Waals surface area contributed by atoms with Crippen LogP contribution in [0.2, 0.25) is 0 Å². The number of pyridine rings is 2. The highest BCUT2D eigenvalue weighted by molar-refractivity contribution is 5.86. The number of nitrogens with one attached hydrogen (secondary N) is 1. The lowest BCUT2D eigenvalue weighted by molar-refractivity contribution is 0.155. The molecule has 0 saturated carbocycles. The van der Waals surface area contributed by atoms with Crippen LogP contribution in [-0.4, -0.2) is 22.3 Å². The Morgan fingerprint density at radius 1 is 1.04 bits per heavy atom. The van der Waals surface area contributed by atoms with E-state index in [9.17, 15) is 0 Å². The number of oxime groups is 1. The van der Waals surface area contributed by atoms with E-state index in [-0.39, 0.29) is 12.1 Å². The molecule has 1 aliphatic heterocycles. The third-order valence-electron chi connectivity index (χ3n) is 4.36. The van der Waals surface area contributed by atoms with Crippen molar-refractivity contribution in [2.24, 2.45) is 5.16 Å². The van der Waals surface area contributed by atoms with Crippen molar-refractivity contribution in [3.05, 3.63) is 59.2 Å². The van der Waals surface area contributed by atoms with Crippen LogP contribution >= 0.6 is 0 Å². The summed E-state index contributed by atoms with van der Waals surface area (Å²) in [5.41, 5.74) is 5.56. The third kappa shape index (κ3) is 3.62. The molecule has 0 unspecified atom stereocenters. The first-order chi connectivity index (χ1) is 11.7. The van der Waals surface area contributed by atoms with Crippen molar-refractivity contribution < 1.29 is 4.84 Å². The summed E-state index contributed by atoms with van der Waals surface area (Å²) in [6.45, 7) is 6.72. The van der Waals surface area contributed by atoms with Crippen molar-refractivity contribution in [2.75, 3.05) is 6.61 Å². The Bertz CT molecular complexity index is 673. The number of aromatic nitrogens is 2. The highest BCUT2D eigenvalue weighted by Gasteiger charge is 2.30. The van der Waals surface area contributed by atoms with Crippen molar-refractivity contribution in [2.45, 2.75) is 45.7 Å². The molecule has 5 nitrogen and oxygen atoms in total. The minimum Gasteiger partial charge on any atom is -0.396 e. The van der Waals surface area contributed by atoms with Gasteiger partial charge in [-0.15, -0.1) is 0 Å².